The van der Waals surface area contributed by atoms with E-state index in [0.29, 0.717) is 6.29 Å². The van der Waals surface area contributed by atoms with Crippen molar-refractivity contribution in [1.29, 1.82) is 0 Å². The Morgan fingerprint density at radius 3 is 1.89 bits per heavy atom. The quantitative estimate of drug-likeness (QED) is 0.0277. The summed E-state index contributed by atoms with van der Waals surface area (Å²) < 4.78 is 4.70. The number of methoxy groups -OCH3 is 1. The lowest BCUT2D eigenvalue weighted by molar-refractivity contribution is -0.153. The van der Waals surface area contributed by atoms with Crippen LogP contribution in [0.1, 0.15) is 52.9 Å². The predicted molar refractivity (Wildman–Crippen MR) is 157 cm³/mol. The second-order valence-electron chi connectivity index (χ2n) is 10.6. The first-order valence-electron chi connectivity index (χ1n) is 14.4. The summed E-state index contributed by atoms with van der Waals surface area (Å²) in [5, 5.41) is 51.1. The van der Waals surface area contributed by atoms with Crippen molar-refractivity contribution in [3.63, 3.8) is 0 Å². The van der Waals surface area contributed by atoms with Gasteiger partial charge in [-0.25, -0.2) is 4.79 Å². The van der Waals surface area contributed by atoms with E-state index in [-0.39, 0.29) is 38.4 Å². The molecule has 7 atom stereocenters. The molecule has 0 saturated heterocycles. The third-order valence-corrected chi connectivity index (χ3v) is 6.40. The number of carbonyl (C=O) groups excluding carboxylic acids is 8. The Morgan fingerprint density at radius 2 is 1.37 bits per heavy atom. The first kappa shape index (κ1) is 42.0. The highest BCUT2D eigenvalue weighted by atomic mass is 16.5. The normalized spacial score (nSPS) is 15.6. The van der Waals surface area contributed by atoms with Crippen molar-refractivity contribution in [2.75, 3.05) is 20.2 Å². The van der Waals surface area contributed by atoms with Crippen molar-refractivity contribution >= 4 is 47.6 Å². The maximum atomic E-state index is 13.0. The van der Waals surface area contributed by atoms with Gasteiger partial charge in [0, 0.05) is 19.0 Å². The van der Waals surface area contributed by atoms with Crippen molar-refractivity contribution in [2.45, 2.75) is 101 Å². The van der Waals surface area contributed by atoms with Crippen molar-refractivity contribution < 1.29 is 63.5 Å². The number of ether oxygens (including phenoxy) is 1. The number of carbonyl (C=O) groups is 8. The molecule has 0 bridgehead atoms. The number of aliphatic hydroxyl groups excluding tert-OH is 4. The fourth-order valence-corrected chi connectivity index (χ4v) is 3.77. The van der Waals surface area contributed by atoms with Gasteiger partial charge in [-0.2, -0.15) is 0 Å². The first-order chi connectivity index (χ1) is 21.5. The van der Waals surface area contributed by atoms with Gasteiger partial charge in [0.05, 0.1) is 20.1 Å². The van der Waals surface area contributed by atoms with Crippen LogP contribution in [0.25, 0.3) is 0 Å². The van der Waals surface area contributed by atoms with E-state index in [1.54, 1.807) is 13.8 Å². The van der Waals surface area contributed by atoms with Crippen molar-refractivity contribution in [3.8, 4) is 0 Å². The van der Waals surface area contributed by atoms with Gasteiger partial charge in [-0.05, 0) is 26.2 Å². The van der Waals surface area contributed by atoms with Crippen LogP contribution in [0.2, 0.25) is 0 Å². The van der Waals surface area contributed by atoms with Crippen molar-refractivity contribution in [3.05, 3.63) is 0 Å². The van der Waals surface area contributed by atoms with Gasteiger partial charge in [0.2, 0.25) is 23.6 Å². The molecule has 0 aliphatic rings. The van der Waals surface area contributed by atoms with Crippen LogP contribution in [0.5, 0.6) is 0 Å². The largest absolute Gasteiger partial charge is 0.467 e. The van der Waals surface area contributed by atoms with Gasteiger partial charge >= 0.3 is 5.97 Å². The molecule has 4 unspecified atom stereocenters. The summed E-state index contributed by atoms with van der Waals surface area (Å²) in [5.74, 6) is -6.46. The van der Waals surface area contributed by atoms with Crippen LogP contribution in [-0.2, 0) is 43.1 Å². The molecular formula is C27H46N6O13. The Morgan fingerprint density at radius 1 is 0.804 bits per heavy atom. The van der Waals surface area contributed by atoms with E-state index in [1.807, 2.05) is 0 Å². The molecule has 19 nitrogen and oxygen atoms in total. The van der Waals surface area contributed by atoms with Crippen LogP contribution in [0, 0.1) is 0 Å². The molecule has 19 heteroatoms. The number of aliphatic hydroxyl groups is 4. The fraction of sp³-hybridized carbons (Fsp3) is 0.704. The molecule has 0 radical (unpaired) electrons. The molecule has 5 amide bonds. The maximum Gasteiger partial charge on any atom is 0.328 e. The molecule has 262 valence electrons. The molecule has 0 aromatic heterocycles. The number of nitrogens with one attached hydrogen (secondary N) is 5. The molecule has 0 aromatic rings. The number of nitrogens with two attached hydrogens (primary N) is 1. The van der Waals surface area contributed by atoms with E-state index >= 15 is 0 Å². The monoisotopic (exact) mass is 662 g/mol. The number of hydrogen-bond donors (Lipinski definition) is 10. The predicted octanol–water partition coefficient (Wildman–Crippen LogP) is -5.60. The standard InChI is InChI=1S/C27H46N6O13/c1-13(2)30-12-19(37)31-15(8-10-34)24(42)33-17(11-18(28)36)25(43)32-16(27(45)46-4)7-5-6-9-29-26(44)23(41)22(40)21(39)20(38)14(3)35/h10,13,15-17,20-23,30,38-41H,5-9,11-12H2,1-4H3,(H2,28,36)(H,29,44)(H,31,37)(H,32,43)(H,33,42)/t15-,16-,17-,20?,21?,22?,23?/m0/s1. The summed E-state index contributed by atoms with van der Waals surface area (Å²) in [7, 11) is 1.05. The van der Waals surface area contributed by atoms with Crippen LogP contribution in [0.4, 0.5) is 0 Å². The fourth-order valence-electron chi connectivity index (χ4n) is 3.77. The average molecular weight is 663 g/mol. The minimum atomic E-state index is -2.18. The Bertz CT molecular complexity index is 1070. The summed E-state index contributed by atoms with van der Waals surface area (Å²) in [4.78, 5) is 96.3. The number of hydrogen-bond acceptors (Lipinski definition) is 14. The summed E-state index contributed by atoms with van der Waals surface area (Å²) in [5.41, 5.74) is 5.22. The van der Waals surface area contributed by atoms with Gasteiger partial charge in [-0.1, -0.05) is 13.8 Å². The van der Waals surface area contributed by atoms with Crippen molar-refractivity contribution in [1.82, 2.24) is 26.6 Å². The highest BCUT2D eigenvalue weighted by molar-refractivity contribution is 5.96. The molecule has 0 aromatic carbocycles. The van der Waals surface area contributed by atoms with Gasteiger partial charge in [0.25, 0.3) is 5.91 Å². The zero-order valence-corrected chi connectivity index (χ0v) is 26.2. The van der Waals surface area contributed by atoms with Crippen LogP contribution >= 0.6 is 0 Å². The van der Waals surface area contributed by atoms with Crippen LogP contribution in [-0.4, -0.2) is 137 Å². The average Bonchev–Trinajstić information content (AvgIpc) is 2.99. The second kappa shape index (κ2) is 21.7. The van der Waals surface area contributed by atoms with Crippen LogP contribution < -0.4 is 32.3 Å². The van der Waals surface area contributed by atoms with Crippen LogP contribution in [0.3, 0.4) is 0 Å². The zero-order valence-electron chi connectivity index (χ0n) is 26.2. The van der Waals surface area contributed by atoms with Gasteiger partial charge in [0.1, 0.15) is 42.7 Å². The third-order valence-electron chi connectivity index (χ3n) is 6.40. The minimum Gasteiger partial charge on any atom is -0.467 e. The van der Waals surface area contributed by atoms with E-state index in [2.05, 4.69) is 26.6 Å². The molecule has 0 aliphatic heterocycles. The van der Waals surface area contributed by atoms with Gasteiger partial charge in [-0.3, -0.25) is 28.8 Å². The van der Waals surface area contributed by atoms with E-state index in [0.717, 1.165) is 14.0 Å². The summed E-state index contributed by atoms with van der Waals surface area (Å²) in [6.07, 6.45) is -8.98. The highest BCUT2D eigenvalue weighted by Gasteiger charge is 2.36. The molecule has 46 heavy (non-hydrogen) atoms. The topological polar surface area (TPSA) is 313 Å². The summed E-state index contributed by atoms with van der Waals surface area (Å²) in [6, 6.07) is -4.31. The molecule has 0 spiro atoms. The van der Waals surface area contributed by atoms with E-state index in [4.69, 9.17) is 10.5 Å². The Kier molecular flexibility index (Phi) is 19.8. The lowest BCUT2D eigenvalue weighted by Crippen LogP contribution is -2.57. The molecule has 0 rings (SSSR count). The van der Waals surface area contributed by atoms with Gasteiger partial charge < -0.3 is 62.3 Å². The first-order valence-corrected chi connectivity index (χ1v) is 14.4. The van der Waals surface area contributed by atoms with E-state index < -0.39 is 96.7 Å². The van der Waals surface area contributed by atoms with Crippen molar-refractivity contribution in [2.24, 2.45) is 5.73 Å². The number of unbranched alkanes of at least 4 members (excludes halogenated alkanes) is 1. The number of esters is 1. The summed E-state index contributed by atoms with van der Waals surface area (Å²) >= 11 is 0. The van der Waals surface area contributed by atoms with Crippen LogP contribution in [0.15, 0.2) is 0 Å². The Hall–Kier alpha value is -4.04. The molecule has 0 fully saturated rings. The maximum absolute atomic E-state index is 13.0. The summed E-state index contributed by atoms with van der Waals surface area (Å²) in [6.45, 7) is 4.25. The number of aldehydes is 1. The number of primary amides is 1. The zero-order chi connectivity index (χ0) is 35.6. The molecule has 11 N–H and O–H groups in total. The number of rotatable bonds is 23. The molecule has 0 heterocycles. The lowest BCUT2D eigenvalue weighted by atomic mass is 10.0. The highest BCUT2D eigenvalue weighted by Crippen LogP contribution is 2.08. The number of amides is 5. The molecule has 0 aliphatic carbocycles. The van der Waals surface area contributed by atoms with Gasteiger partial charge in [-0.15, -0.1) is 0 Å². The molecular weight excluding hydrogens is 616 g/mol. The number of ketones is 1. The van der Waals surface area contributed by atoms with E-state index in [9.17, 15) is 58.8 Å². The van der Waals surface area contributed by atoms with Gasteiger partial charge in [0.15, 0.2) is 11.9 Å². The second-order valence-corrected chi connectivity index (χ2v) is 10.6. The Labute approximate surface area is 265 Å². The third kappa shape index (κ3) is 15.8. The lowest BCUT2D eigenvalue weighted by Gasteiger charge is -2.25. The minimum absolute atomic E-state index is 0.0450. The SMILES string of the molecule is COC(=O)[C@H](CCCCNC(=O)C(O)C(O)C(O)C(O)C(C)=O)NC(=O)[C@H](CC(N)=O)NC(=O)[C@H](CC=O)NC(=O)CNC(C)C. The smallest absolute Gasteiger partial charge is 0.328 e. The Balaban J connectivity index is 5.26. The molecule has 0 saturated carbocycles. The van der Waals surface area contributed by atoms with E-state index in [1.165, 1.54) is 0 Å². The number of Topliss-reactive ketones (excluding diaryl/α,β-unsaturated/α-hetero) is 1.